The van der Waals surface area contributed by atoms with Gasteiger partial charge in [-0.15, -0.1) is 0 Å². The summed E-state index contributed by atoms with van der Waals surface area (Å²) in [4.78, 5) is 2.11. The third-order valence-corrected chi connectivity index (χ3v) is 3.71. The molecule has 2 aromatic rings. The second kappa shape index (κ2) is 6.74. The standard InChI is InChI=1S/C18H25N3/c1-13-8-14(2)10-15(9-13)11-18(20-19)16-6-5-7-17(12-16)21(3)4/h5-10,12,18,20H,11,19H2,1-4H3. The summed E-state index contributed by atoms with van der Waals surface area (Å²) in [6, 6.07) is 15.3. The fourth-order valence-electron chi connectivity index (χ4n) is 2.72. The maximum absolute atomic E-state index is 5.79. The van der Waals surface area contributed by atoms with Gasteiger partial charge in [0, 0.05) is 19.8 Å². The number of nitrogens with zero attached hydrogens (tertiary/aromatic N) is 1. The molecule has 0 radical (unpaired) electrons. The number of nitrogens with one attached hydrogen (secondary N) is 1. The normalized spacial score (nSPS) is 12.2. The summed E-state index contributed by atoms with van der Waals surface area (Å²) in [5, 5.41) is 0. The first-order valence-corrected chi connectivity index (χ1v) is 7.30. The molecular formula is C18H25N3. The lowest BCUT2D eigenvalue weighted by Gasteiger charge is -2.20. The van der Waals surface area contributed by atoms with Crippen molar-refractivity contribution in [1.29, 1.82) is 0 Å². The van der Waals surface area contributed by atoms with Crippen LogP contribution >= 0.6 is 0 Å². The van der Waals surface area contributed by atoms with Crippen molar-refractivity contribution >= 4 is 5.69 Å². The molecule has 0 aliphatic heterocycles. The fraction of sp³-hybridized carbons (Fsp3) is 0.333. The predicted molar refractivity (Wildman–Crippen MR) is 90.5 cm³/mol. The van der Waals surface area contributed by atoms with Crippen LogP contribution in [0.25, 0.3) is 0 Å². The lowest BCUT2D eigenvalue weighted by Crippen LogP contribution is -2.29. The molecule has 21 heavy (non-hydrogen) atoms. The van der Waals surface area contributed by atoms with Crippen molar-refractivity contribution in [3.63, 3.8) is 0 Å². The molecule has 0 fully saturated rings. The maximum atomic E-state index is 5.79. The Morgan fingerprint density at radius 1 is 1.05 bits per heavy atom. The molecule has 0 saturated heterocycles. The summed E-state index contributed by atoms with van der Waals surface area (Å²) in [5.74, 6) is 5.79. The first-order valence-electron chi connectivity index (χ1n) is 7.30. The lowest BCUT2D eigenvalue weighted by atomic mass is 9.96. The molecule has 0 spiro atoms. The zero-order valence-corrected chi connectivity index (χ0v) is 13.4. The molecule has 2 rings (SSSR count). The van der Waals surface area contributed by atoms with Crippen LogP contribution in [0.3, 0.4) is 0 Å². The minimum Gasteiger partial charge on any atom is -0.378 e. The van der Waals surface area contributed by atoms with E-state index in [4.69, 9.17) is 5.84 Å². The Labute approximate surface area is 127 Å². The van der Waals surface area contributed by atoms with Crippen molar-refractivity contribution in [2.75, 3.05) is 19.0 Å². The third-order valence-electron chi connectivity index (χ3n) is 3.71. The number of benzene rings is 2. The number of anilines is 1. The Morgan fingerprint density at radius 2 is 1.71 bits per heavy atom. The van der Waals surface area contributed by atoms with E-state index in [0.29, 0.717) is 0 Å². The van der Waals surface area contributed by atoms with Gasteiger partial charge in [0.1, 0.15) is 0 Å². The third kappa shape index (κ3) is 4.06. The van der Waals surface area contributed by atoms with Crippen LogP contribution in [0.15, 0.2) is 42.5 Å². The van der Waals surface area contributed by atoms with Crippen molar-refractivity contribution in [3.8, 4) is 0 Å². The molecule has 3 heteroatoms. The maximum Gasteiger partial charge on any atom is 0.0501 e. The van der Waals surface area contributed by atoms with E-state index >= 15 is 0 Å². The number of hydrazine groups is 1. The van der Waals surface area contributed by atoms with Gasteiger partial charge >= 0.3 is 0 Å². The van der Waals surface area contributed by atoms with Gasteiger partial charge < -0.3 is 4.90 Å². The summed E-state index contributed by atoms with van der Waals surface area (Å²) in [6.07, 6.45) is 0.885. The summed E-state index contributed by atoms with van der Waals surface area (Å²) in [5.41, 5.74) is 9.25. The molecule has 3 N–H and O–H groups in total. The SMILES string of the molecule is Cc1cc(C)cc(CC(NN)c2cccc(N(C)C)c2)c1. The average molecular weight is 283 g/mol. The van der Waals surface area contributed by atoms with Crippen molar-refractivity contribution in [1.82, 2.24) is 5.43 Å². The van der Waals surface area contributed by atoms with Crippen LogP contribution < -0.4 is 16.2 Å². The van der Waals surface area contributed by atoms with E-state index in [1.165, 1.54) is 27.9 Å². The largest absolute Gasteiger partial charge is 0.378 e. The van der Waals surface area contributed by atoms with Crippen LogP contribution in [-0.4, -0.2) is 14.1 Å². The Kier molecular flexibility index (Phi) is 4.99. The van der Waals surface area contributed by atoms with E-state index in [0.717, 1.165) is 6.42 Å². The molecule has 112 valence electrons. The number of hydrogen-bond donors (Lipinski definition) is 2. The molecule has 0 aromatic heterocycles. The van der Waals surface area contributed by atoms with E-state index < -0.39 is 0 Å². The predicted octanol–water partition coefficient (Wildman–Crippen LogP) is 3.12. The van der Waals surface area contributed by atoms with Gasteiger partial charge in [0.05, 0.1) is 6.04 Å². The molecule has 0 amide bonds. The number of aryl methyl sites for hydroxylation is 2. The highest BCUT2D eigenvalue weighted by atomic mass is 15.2. The zero-order chi connectivity index (χ0) is 15.4. The Bertz CT molecular complexity index is 585. The van der Waals surface area contributed by atoms with Crippen LogP contribution in [-0.2, 0) is 6.42 Å². The van der Waals surface area contributed by atoms with Crippen LogP contribution in [0.5, 0.6) is 0 Å². The molecular weight excluding hydrogens is 258 g/mol. The second-order valence-corrected chi connectivity index (χ2v) is 5.91. The van der Waals surface area contributed by atoms with Gasteiger partial charge in [-0.1, -0.05) is 41.5 Å². The van der Waals surface area contributed by atoms with Crippen molar-refractivity contribution in [3.05, 3.63) is 64.7 Å². The highest BCUT2D eigenvalue weighted by Gasteiger charge is 2.12. The summed E-state index contributed by atoms with van der Waals surface area (Å²) >= 11 is 0. The van der Waals surface area contributed by atoms with Crippen LogP contribution in [0.4, 0.5) is 5.69 Å². The van der Waals surface area contributed by atoms with Crippen molar-refractivity contribution in [2.45, 2.75) is 26.3 Å². The molecule has 0 heterocycles. The monoisotopic (exact) mass is 283 g/mol. The molecule has 2 aromatic carbocycles. The van der Waals surface area contributed by atoms with Gasteiger partial charge in [-0.3, -0.25) is 11.3 Å². The zero-order valence-electron chi connectivity index (χ0n) is 13.4. The van der Waals surface area contributed by atoms with E-state index in [9.17, 15) is 0 Å². The minimum atomic E-state index is 0.117. The molecule has 0 bridgehead atoms. The first-order chi connectivity index (χ1) is 9.99. The van der Waals surface area contributed by atoms with Crippen LogP contribution in [0.2, 0.25) is 0 Å². The summed E-state index contributed by atoms with van der Waals surface area (Å²) < 4.78 is 0. The first kappa shape index (κ1) is 15.5. The Hall–Kier alpha value is -1.84. The van der Waals surface area contributed by atoms with Crippen LogP contribution in [0, 0.1) is 13.8 Å². The average Bonchev–Trinajstić information content (AvgIpc) is 2.44. The minimum absolute atomic E-state index is 0.117. The lowest BCUT2D eigenvalue weighted by molar-refractivity contribution is 0.552. The number of hydrogen-bond acceptors (Lipinski definition) is 3. The van der Waals surface area contributed by atoms with Crippen LogP contribution in [0.1, 0.15) is 28.3 Å². The highest BCUT2D eigenvalue weighted by molar-refractivity contribution is 5.48. The van der Waals surface area contributed by atoms with Gasteiger partial charge in [-0.25, -0.2) is 0 Å². The molecule has 1 unspecified atom stereocenters. The van der Waals surface area contributed by atoms with Crippen molar-refractivity contribution < 1.29 is 0 Å². The van der Waals surface area contributed by atoms with E-state index in [1.54, 1.807) is 0 Å². The Balaban J connectivity index is 2.25. The van der Waals surface area contributed by atoms with E-state index in [2.05, 4.69) is 66.6 Å². The number of nitrogens with two attached hydrogens (primary N) is 1. The van der Waals surface area contributed by atoms with E-state index in [-0.39, 0.29) is 6.04 Å². The summed E-state index contributed by atoms with van der Waals surface area (Å²) in [6.45, 7) is 4.27. The molecule has 3 nitrogen and oxygen atoms in total. The highest BCUT2D eigenvalue weighted by Crippen LogP contribution is 2.23. The fourth-order valence-corrected chi connectivity index (χ4v) is 2.72. The van der Waals surface area contributed by atoms with Gasteiger partial charge in [0.25, 0.3) is 0 Å². The van der Waals surface area contributed by atoms with Crippen molar-refractivity contribution in [2.24, 2.45) is 5.84 Å². The molecule has 0 aliphatic carbocycles. The topological polar surface area (TPSA) is 41.3 Å². The molecule has 0 saturated carbocycles. The van der Waals surface area contributed by atoms with E-state index in [1.807, 2.05) is 14.1 Å². The van der Waals surface area contributed by atoms with Gasteiger partial charge in [-0.05, 0) is 43.5 Å². The molecule has 1 atom stereocenters. The van der Waals surface area contributed by atoms with Gasteiger partial charge in [0.15, 0.2) is 0 Å². The van der Waals surface area contributed by atoms with Gasteiger partial charge in [-0.2, -0.15) is 0 Å². The molecule has 0 aliphatic rings. The Morgan fingerprint density at radius 3 is 2.29 bits per heavy atom. The number of rotatable bonds is 5. The van der Waals surface area contributed by atoms with Gasteiger partial charge in [0.2, 0.25) is 0 Å². The second-order valence-electron chi connectivity index (χ2n) is 5.91. The smallest absolute Gasteiger partial charge is 0.0501 e. The quantitative estimate of drug-likeness (QED) is 0.654. The summed E-state index contributed by atoms with van der Waals surface area (Å²) in [7, 11) is 4.10.